The zero-order valence-corrected chi connectivity index (χ0v) is 7.60. The summed E-state index contributed by atoms with van der Waals surface area (Å²) in [6, 6.07) is 0. The maximum atomic E-state index is 10.8. The molecule has 0 saturated heterocycles. The lowest BCUT2D eigenvalue weighted by molar-refractivity contribution is 0.604. The van der Waals surface area contributed by atoms with Crippen LogP contribution >= 0.6 is 0 Å². The highest BCUT2D eigenvalue weighted by molar-refractivity contribution is 7.95. The number of sulfonamides is 1. The van der Waals surface area contributed by atoms with Crippen LogP contribution in [0.2, 0.25) is 0 Å². The van der Waals surface area contributed by atoms with Gasteiger partial charge in [-0.1, -0.05) is 0 Å². The van der Waals surface area contributed by atoms with Crippen LogP contribution in [0.4, 0.5) is 0 Å². The Morgan fingerprint density at radius 1 is 1.42 bits per heavy atom. The second-order valence-corrected chi connectivity index (χ2v) is 5.78. The third kappa shape index (κ3) is 2.16. The molecule has 0 saturated carbocycles. The highest BCUT2D eigenvalue weighted by Gasteiger charge is 2.16. The molecule has 0 aromatic rings. The predicted molar refractivity (Wildman–Crippen MR) is 44.1 cm³/mol. The van der Waals surface area contributed by atoms with E-state index in [0.717, 1.165) is 17.6 Å². The molecule has 0 aromatic heterocycles. The van der Waals surface area contributed by atoms with Crippen LogP contribution < -0.4 is 5.14 Å². The van der Waals surface area contributed by atoms with Crippen LogP contribution in [0.3, 0.4) is 0 Å². The Bertz CT molecular complexity index is 440. The molecule has 1 aliphatic rings. The summed E-state index contributed by atoms with van der Waals surface area (Å²) in [6.07, 6.45) is 2.05. The van der Waals surface area contributed by atoms with E-state index in [1.807, 2.05) is 0 Å². The lowest BCUT2D eigenvalue weighted by Crippen LogP contribution is -2.17. The van der Waals surface area contributed by atoms with Crippen molar-refractivity contribution in [1.82, 2.24) is 0 Å². The van der Waals surface area contributed by atoms with Crippen molar-refractivity contribution in [3.8, 4) is 0 Å². The Labute approximate surface area is 70.5 Å². The molecular weight excluding hydrogens is 202 g/mol. The minimum Gasteiger partial charge on any atom is -0.225 e. The Kier molecular flexibility index (Phi) is 2.11. The molecule has 5 nitrogen and oxygen atoms in total. The minimum absolute atomic E-state index is 0.155. The van der Waals surface area contributed by atoms with Gasteiger partial charge in [0.25, 0.3) is 0 Å². The summed E-state index contributed by atoms with van der Waals surface area (Å²) >= 11 is 0. The van der Waals surface area contributed by atoms with Crippen LogP contribution in [-0.4, -0.2) is 22.6 Å². The molecule has 0 spiro atoms. The number of hydrogen-bond donors (Lipinski definition) is 1. The summed E-state index contributed by atoms with van der Waals surface area (Å²) in [7, 11) is -7.02. The van der Waals surface area contributed by atoms with Gasteiger partial charge in [0.05, 0.1) is 10.7 Å². The van der Waals surface area contributed by atoms with Gasteiger partial charge in [-0.15, -0.1) is 0 Å². The third-order valence-electron chi connectivity index (χ3n) is 1.29. The molecule has 0 atom stereocenters. The van der Waals surface area contributed by atoms with E-state index in [0.29, 0.717) is 0 Å². The summed E-state index contributed by atoms with van der Waals surface area (Å²) < 4.78 is 42.8. The molecule has 1 rings (SSSR count). The molecule has 68 valence electrons. The maximum absolute atomic E-state index is 10.8. The maximum Gasteiger partial charge on any atom is 0.237 e. The van der Waals surface area contributed by atoms with Gasteiger partial charge in [-0.05, 0) is 12.2 Å². The largest absolute Gasteiger partial charge is 0.237 e. The molecule has 0 radical (unpaired) electrons. The first kappa shape index (κ1) is 9.43. The zero-order chi connectivity index (χ0) is 9.41. The standard InChI is InChI=1S/C5H7NO4S2/c6-12(9,10)5-1-3-11(7,8)4-2-5/h1-3H,4H2,(H2,6,9,10). The number of allylic oxidation sites excluding steroid dienone is 1. The molecule has 2 N–H and O–H groups in total. The lowest BCUT2D eigenvalue weighted by atomic mass is 10.5. The van der Waals surface area contributed by atoms with Gasteiger partial charge in [-0.2, -0.15) is 0 Å². The molecule has 1 aliphatic heterocycles. The minimum atomic E-state index is -3.77. The number of primary sulfonamides is 1. The van der Waals surface area contributed by atoms with E-state index in [1.165, 1.54) is 0 Å². The van der Waals surface area contributed by atoms with E-state index < -0.39 is 19.9 Å². The quantitative estimate of drug-likeness (QED) is 0.605. The molecule has 0 fully saturated rings. The summed E-state index contributed by atoms with van der Waals surface area (Å²) in [5, 5.41) is 5.60. The SMILES string of the molecule is NS(=O)(=O)C1=CCS(=O)(=O)C=C1. The fourth-order valence-corrected chi connectivity index (χ4v) is 2.35. The Morgan fingerprint density at radius 2 is 2.00 bits per heavy atom. The summed E-state index contributed by atoms with van der Waals surface area (Å²) in [5.41, 5.74) is 0. The van der Waals surface area contributed by atoms with E-state index >= 15 is 0 Å². The number of sulfone groups is 1. The molecule has 12 heavy (non-hydrogen) atoms. The number of hydrogen-bond acceptors (Lipinski definition) is 4. The summed E-state index contributed by atoms with van der Waals surface area (Å²) in [4.78, 5) is -0.155. The highest BCUT2D eigenvalue weighted by atomic mass is 32.2. The van der Waals surface area contributed by atoms with Crippen LogP contribution in [0, 0.1) is 0 Å². The van der Waals surface area contributed by atoms with Crippen LogP contribution in [0.15, 0.2) is 22.5 Å². The fraction of sp³-hybridized carbons (Fsp3) is 0.200. The van der Waals surface area contributed by atoms with Crippen LogP contribution in [0.25, 0.3) is 0 Å². The summed E-state index contributed by atoms with van der Waals surface area (Å²) in [5.74, 6) is -0.310. The Morgan fingerprint density at radius 3 is 2.33 bits per heavy atom. The van der Waals surface area contributed by atoms with Crippen molar-refractivity contribution in [2.45, 2.75) is 0 Å². The van der Waals surface area contributed by atoms with Crippen LogP contribution in [0.1, 0.15) is 0 Å². The monoisotopic (exact) mass is 209 g/mol. The normalized spacial score (nSPS) is 21.9. The van der Waals surface area contributed by atoms with Crippen molar-refractivity contribution < 1.29 is 16.8 Å². The Balaban J connectivity index is 3.09. The average molecular weight is 209 g/mol. The first-order chi connectivity index (χ1) is 5.31. The number of rotatable bonds is 1. The average Bonchev–Trinajstić information content (AvgIpc) is 1.83. The van der Waals surface area contributed by atoms with Gasteiger partial charge in [0, 0.05) is 5.41 Å². The Hall–Kier alpha value is -0.660. The fourth-order valence-electron chi connectivity index (χ4n) is 0.704. The molecule has 1 heterocycles. The zero-order valence-electron chi connectivity index (χ0n) is 5.97. The summed E-state index contributed by atoms with van der Waals surface area (Å²) in [6.45, 7) is 0. The van der Waals surface area contributed by atoms with Crippen molar-refractivity contribution in [2.75, 3.05) is 5.75 Å². The van der Waals surface area contributed by atoms with Crippen LogP contribution in [0.5, 0.6) is 0 Å². The topological polar surface area (TPSA) is 94.3 Å². The molecule has 0 bridgehead atoms. The molecule has 0 amide bonds. The van der Waals surface area contributed by atoms with Crippen molar-refractivity contribution in [2.24, 2.45) is 5.14 Å². The predicted octanol–water partition coefficient (Wildman–Crippen LogP) is -0.899. The molecule has 0 unspecified atom stereocenters. The lowest BCUT2D eigenvalue weighted by Gasteiger charge is -2.03. The smallest absolute Gasteiger partial charge is 0.225 e. The van der Waals surface area contributed by atoms with E-state index in [1.54, 1.807) is 0 Å². The van der Waals surface area contributed by atoms with E-state index in [9.17, 15) is 16.8 Å². The van der Waals surface area contributed by atoms with E-state index in [2.05, 4.69) is 0 Å². The van der Waals surface area contributed by atoms with Crippen molar-refractivity contribution in [3.63, 3.8) is 0 Å². The van der Waals surface area contributed by atoms with E-state index in [4.69, 9.17) is 5.14 Å². The van der Waals surface area contributed by atoms with Gasteiger partial charge in [0.2, 0.25) is 10.0 Å². The molecule has 7 heteroatoms. The van der Waals surface area contributed by atoms with Gasteiger partial charge in [-0.25, -0.2) is 22.0 Å². The molecule has 0 aliphatic carbocycles. The van der Waals surface area contributed by atoms with Gasteiger partial charge >= 0.3 is 0 Å². The molecule has 0 aromatic carbocycles. The molecular formula is C5H7NO4S2. The number of nitrogens with two attached hydrogens (primary N) is 1. The highest BCUT2D eigenvalue weighted by Crippen LogP contribution is 2.11. The van der Waals surface area contributed by atoms with Crippen LogP contribution in [-0.2, 0) is 19.9 Å². The third-order valence-corrected chi connectivity index (χ3v) is 3.43. The first-order valence-corrected chi connectivity index (χ1v) is 6.21. The second-order valence-electron chi connectivity index (χ2n) is 2.28. The van der Waals surface area contributed by atoms with E-state index in [-0.39, 0.29) is 10.7 Å². The van der Waals surface area contributed by atoms with Gasteiger partial charge in [-0.3, -0.25) is 0 Å². The first-order valence-electron chi connectivity index (χ1n) is 2.95. The van der Waals surface area contributed by atoms with Gasteiger partial charge in [0.15, 0.2) is 9.84 Å². The van der Waals surface area contributed by atoms with Gasteiger partial charge < -0.3 is 0 Å². The second kappa shape index (κ2) is 2.68. The van der Waals surface area contributed by atoms with Crippen molar-refractivity contribution >= 4 is 19.9 Å². The van der Waals surface area contributed by atoms with Crippen molar-refractivity contribution in [1.29, 1.82) is 0 Å². The van der Waals surface area contributed by atoms with Gasteiger partial charge in [0.1, 0.15) is 0 Å². The van der Waals surface area contributed by atoms with Crippen molar-refractivity contribution in [3.05, 3.63) is 22.5 Å².